The average Bonchev–Trinajstić information content (AvgIpc) is 2.65. The van der Waals surface area contributed by atoms with Crippen LogP contribution < -0.4 is 22.0 Å². The van der Waals surface area contributed by atoms with Gasteiger partial charge in [0.2, 0.25) is 6.43 Å². The highest BCUT2D eigenvalue weighted by molar-refractivity contribution is 6.33. The van der Waals surface area contributed by atoms with Crippen molar-refractivity contribution in [3.05, 3.63) is 62.6 Å². The maximum atomic E-state index is 12.8. The van der Waals surface area contributed by atoms with Crippen LogP contribution in [0.25, 0.3) is 0 Å². The van der Waals surface area contributed by atoms with E-state index in [0.717, 1.165) is 0 Å². The molecule has 2 aromatic heterocycles. The Bertz CT molecular complexity index is 934. The third-order valence-electron chi connectivity index (χ3n) is 4.49. The molecule has 1 aliphatic heterocycles. The fraction of sp³-hybridized carbons (Fsp3) is 0.353. The lowest BCUT2D eigenvalue weighted by Crippen LogP contribution is -2.42. The van der Waals surface area contributed by atoms with Gasteiger partial charge in [-0.25, -0.2) is 19.7 Å². The zero-order valence-corrected chi connectivity index (χ0v) is 15.7. The van der Waals surface area contributed by atoms with Crippen LogP contribution in [0.3, 0.4) is 0 Å². The number of aromatic amines is 1. The van der Waals surface area contributed by atoms with Crippen molar-refractivity contribution >= 4 is 17.3 Å². The van der Waals surface area contributed by atoms with E-state index in [0.29, 0.717) is 47.8 Å². The van der Waals surface area contributed by atoms with Crippen LogP contribution in [0.15, 0.2) is 40.7 Å². The molecule has 0 unspecified atom stereocenters. The highest BCUT2D eigenvalue weighted by atomic mass is 35.5. The number of nitrogens with zero attached hydrogens (tertiary/aromatic N) is 4. The maximum Gasteiger partial charge on any atom is 0.285 e. The maximum absolute atomic E-state index is 12.8. The number of halogens is 3. The molecule has 3 rings (SSSR count). The van der Waals surface area contributed by atoms with Crippen LogP contribution in [-0.2, 0) is 13.0 Å². The quantitative estimate of drug-likeness (QED) is 0.485. The lowest BCUT2D eigenvalue weighted by molar-refractivity contribution is 0.147. The van der Waals surface area contributed by atoms with Gasteiger partial charge in [-0.1, -0.05) is 17.7 Å². The largest absolute Gasteiger partial charge is 0.399 e. The fourth-order valence-corrected chi connectivity index (χ4v) is 3.34. The molecular weight excluding hydrogens is 392 g/mol. The van der Waals surface area contributed by atoms with Gasteiger partial charge in [0, 0.05) is 24.9 Å². The summed E-state index contributed by atoms with van der Waals surface area (Å²) in [5, 5.41) is 7.53. The average molecular weight is 412 g/mol. The SMILES string of the molecule is NC1=C(N(N)Cc2cccnc2CC(F)F)CCN(c2cn[nH]c(=O)c2Cl)C1. The van der Waals surface area contributed by atoms with Gasteiger partial charge >= 0.3 is 0 Å². The first-order valence-electron chi connectivity index (χ1n) is 8.55. The van der Waals surface area contributed by atoms with Gasteiger partial charge in [-0.3, -0.25) is 9.78 Å². The zero-order valence-electron chi connectivity index (χ0n) is 14.9. The molecule has 0 radical (unpaired) electrons. The second-order valence-corrected chi connectivity index (χ2v) is 6.75. The van der Waals surface area contributed by atoms with Gasteiger partial charge in [-0.15, -0.1) is 0 Å². The number of nitrogens with one attached hydrogen (secondary N) is 1. The van der Waals surface area contributed by atoms with Crippen LogP contribution in [0.4, 0.5) is 14.5 Å². The molecule has 0 atom stereocenters. The van der Waals surface area contributed by atoms with Crippen LogP contribution in [0.2, 0.25) is 5.02 Å². The second kappa shape index (κ2) is 8.53. The number of anilines is 1. The van der Waals surface area contributed by atoms with E-state index in [4.69, 9.17) is 23.2 Å². The molecule has 5 N–H and O–H groups in total. The standard InChI is InChI=1S/C17H20ClF2N7O/c18-16-14(7-24-25-17(16)28)26-5-3-13(11(21)9-26)27(22)8-10-2-1-4-23-12(10)6-15(19)20/h1-2,4,7,15H,3,5-6,8-9,21-22H2,(H,25,28). The van der Waals surface area contributed by atoms with E-state index in [1.807, 2.05) is 4.90 Å². The van der Waals surface area contributed by atoms with Gasteiger partial charge < -0.3 is 15.6 Å². The van der Waals surface area contributed by atoms with Crippen LogP contribution >= 0.6 is 11.6 Å². The summed E-state index contributed by atoms with van der Waals surface area (Å²) in [6.45, 7) is 1.04. The Hall–Kier alpha value is -2.72. The lowest BCUT2D eigenvalue weighted by atomic mass is 10.1. The van der Waals surface area contributed by atoms with E-state index < -0.39 is 18.4 Å². The molecule has 0 fully saturated rings. The van der Waals surface area contributed by atoms with E-state index in [2.05, 4.69) is 15.2 Å². The van der Waals surface area contributed by atoms with E-state index in [9.17, 15) is 13.6 Å². The third-order valence-corrected chi connectivity index (χ3v) is 4.85. The number of hydrazine groups is 1. The van der Waals surface area contributed by atoms with Gasteiger partial charge in [0.1, 0.15) is 5.02 Å². The summed E-state index contributed by atoms with van der Waals surface area (Å²) in [6.07, 6.45) is 0.526. The monoisotopic (exact) mass is 411 g/mol. The van der Waals surface area contributed by atoms with Crippen molar-refractivity contribution in [2.45, 2.75) is 25.8 Å². The number of rotatable bonds is 6. The van der Waals surface area contributed by atoms with Crippen molar-refractivity contribution in [2.24, 2.45) is 11.6 Å². The summed E-state index contributed by atoms with van der Waals surface area (Å²) >= 11 is 6.05. The van der Waals surface area contributed by atoms with Crippen LogP contribution in [0.5, 0.6) is 0 Å². The molecule has 2 aromatic rings. The molecule has 0 aromatic carbocycles. The number of nitrogens with two attached hydrogens (primary N) is 2. The smallest absolute Gasteiger partial charge is 0.285 e. The highest BCUT2D eigenvalue weighted by Gasteiger charge is 2.23. The van der Waals surface area contributed by atoms with E-state index in [-0.39, 0.29) is 11.6 Å². The van der Waals surface area contributed by atoms with Gasteiger partial charge in [-0.05, 0) is 11.6 Å². The van der Waals surface area contributed by atoms with Crippen molar-refractivity contribution in [3.8, 4) is 0 Å². The number of pyridine rings is 1. The molecule has 0 saturated carbocycles. The molecule has 3 heterocycles. The summed E-state index contributed by atoms with van der Waals surface area (Å²) in [7, 11) is 0. The Balaban J connectivity index is 1.76. The predicted octanol–water partition coefficient (Wildman–Crippen LogP) is 1.38. The van der Waals surface area contributed by atoms with Crippen molar-refractivity contribution < 1.29 is 8.78 Å². The molecule has 28 heavy (non-hydrogen) atoms. The summed E-state index contributed by atoms with van der Waals surface area (Å²) in [5.41, 5.74) is 8.35. The number of alkyl halides is 2. The summed E-state index contributed by atoms with van der Waals surface area (Å²) in [5.74, 6) is 6.18. The van der Waals surface area contributed by atoms with Crippen LogP contribution in [0, 0.1) is 0 Å². The van der Waals surface area contributed by atoms with Crippen molar-refractivity contribution in [1.82, 2.24) is 20.2 Å². The zero-order chi connectivity index (χ0) is 20.3. The first-order chi connectivity index (χ1) is 13.4. The molecule has 150 valence electrons. The number of aromatic nitrogens is 3. The minimum atomic E-state index is -2.49. The number of H-pyrrole nitrogens is 1. The minimum Gasteiger partial charge on any atom is -0.399 e. The Labute approximate surface area is 164 Å². The van der Waals surface area contributed by atoms with Gasteiger partial charge in [0.05, 0.1) is 42.8 Å². The number of hydrogen-bond donors (Lipinski definition) is 3. The molecule has 0 spiro atoms. The molecule has 0 amide bonds. The molecule has 1 aliphatic rings. The van der Waals surface area contributed by atoms with Crippen molar-refractivity contribution in [1.29, 1.82) is 0 Å². The molecular formula is C17H20ClF2N7O. The summed E-state index contributed by atoms with van der Waals surface area (Å²) < 4.78 is 25.5. The van der Waals surface area contributed by atoms with Crippen LogP contribution in [0.1, 0.15) is 17.7 Å². The molecule has 0 saturated heterocycles. The lowest BCUT2D eigenvalue weighted by Gasteiger charge is -2.34. The molecule has 8 nitrogen and oxygen atoms in total. The van der Waals surface area contributed by atoms with E-state index in [1.54, 1.807) is 12.1 Å². The Morgan fingerprint density at radius 1 is 1.43 bits per heavy atom. The summed E-state index contributed by atoms with van der Waals surface area (Å²) in [4.78, 5) is 17.5. The second-order valence-electron chi connectivity index (χ2n) is 6.37. The topological polar surface area (TPSA) is 117 Å². The first-order valence-corrected chi connectivity index (χ1v) is 8.93. The first kappa shape index (κ1) is 20.0. The van der Waals surface area contributed by atoms with Gasteiger partial charge in [0.15, 0.2) is 0 Å². The highest BCUT2D eigenvalue weighted by Crippen LogP contribution is 2.27. The molecule has 11 heteroatoms. The van der Waals surface area contributed by atoms with E-state index >= 15 is 0 Å². The van der Waals surface area contributed by atoms with Crippen molar-refractivity contribution in [2.75, 3.05) is 18.0 Å². The molecule has 0 bridgehead atoms. The molecule has 0 aliphatic carbocycles. The van der Waals surface area contributed by atoms with E-state index in [1.165, 1.54) is 17.4 Å². The Kier molecular flexibility index (Phi) is 6.10. The normalized spacial score (nSPS) is 14.7. The summed E-state index contributed by atoms with van der Waals surface area (Å²) in [6, 6.07) is 3.40. The Morgan fingerprint density at radius 2 is 2.21 bits per heavy atom. The Morgan fingerprint density at radius 3 is 2.93 bits per heavy atom. The fourth-order valence-electron chi connectivity index (χ4n) is 3.13. The van der Waals surface area contributed by atoms with Crippen molar-refractivity contribution in [3.63, 3.8) is 0 Å². The minimum absolute atomic E-state index is 0.0443. The van der Waals surface area contributed by atoms with Crippen LogP contribution in [-0.4, -0.2) is 39.7 Å². The third kappa shape index (κ3) is 4.39. The predicted molar refractivity (Wildman–Crippen MR) is 102 cm³/mol. The number of hydrogen-bond acceptors (Lipinski definition) is 7. The van der Waals surface area contributed by atoms with Gasteiger partial charge in [0.25, 0.3) is 5.56 Å². The van der Waals surface area contributed by atoms with Gasteiger partial charge in [-0.2, -0.15) is 5.10 Å².